The molecule has 2 aromatic rings. The molecule has 1 unspecified atom stereocenters. The fourth-order valence-electron chi connectivity index (χ4n) is 5.33. The van der Waals surface area contributed by atoms with Gasteiger partial charge in [-0.2, -0.15) is 0 Å². The maximum absolute atomic E-state index is 12.6. The molecule has 33 heavy (non-hydrogen) atoms. The molecule has 1 aliphatic heterocycles. The minimum Gasteiger partial charge on any atom is -0.481 e. The van der Waals surface area contributed by atoms with Crippen LogP contribution in [0.25, 0.3) is 11.1 Å². The largest absolute Gasteiger partial charge is 0.481 e. The molecule has 0 radical (unpaired) electrons. The Morgan fingerprint density at radius 2 is 1.61 bits per heavy atom. The molecule has 3 atom stereocenters. The highest BCUT2D eigenvalue weighted by molar-refractivity contribution is 5.93. The summed E-state index contributed by atoms with van der Waals surface area (Å²) in [6, 6.07) is 16.3. The Morgan fingerprint density at radius 1 is 1.03 bits per heavy atom. The summed E-state index contributed by atoms with van der Waals surface area (Å²) < 4.78 is 5.51. The van der Waals surface area contributed by atoms with E-state index < -0.39 is 12.1 Å². The quantitative estimate of drug-likeness (QED) is 0.664. The number of aliphatic carboxylic acids is 1. The number of ether oxygens (including phenoxy) is 1. The van der Waals surface area contributed by atoms with Crippen molar-refractivity contribution >= 4 is 18.0 Å². The predicted octanol–water partition coefficient (Wildman–Crippen LogP) is 3.26. The lowest BCUT2D eigenvalue weighted by atomic mass is 9.98. The van der Waals surface area contributed by atoms with E-state index in [2.05, 4.69) is 29.6 Å². The maximum Gasteiger partial charge on any atom is 0.407 e. The van der Waals surface area contributed by atoms with Gasteiger partial charge in [-0.1, -0.05) is 54.6 Å². The lowest BCUT2D eigenvalue weighted by Gasteiger charge is -2.19. The van der Waals surface area contributed by atoms with Gasteiger partial charge in [0.2, 0.25) is 5.91 Å². The highest BCUT2D eigenvalue weighted by Gasteiger charge is 2.60. The van der Waals surface area contributed by atoms with Crippen LogP contribution in [0.5, 0.6) is 0 Å². The van der Waals surface area contributed by atoms with E-state index >= 15 is 0 Å². The Balaban J connectivity index is 1.11. The van der Waals surface area contributed by atoms with Crippen molar-refractivity contribution < 1.29 is 24.2 Å². The summed E-state index contributed by atoms with van der Waals surface area (Å²) in [6.45, 7) is 3.12. The van der Waals surface area contributed by atoms with Crippen LogP contribution in [0.1, 0.15) is 24.0 Å². The molecular weight excluding hydrogens is 420 g/mol. The van der Waals surface area contributed by atoms with E-state index in [0.29, 0.717) is 18.7 Å². The molecule has 2 N–H and O–H groups in total. The Bertz CT molecular complexity index is 1100. The highest BCUT2D eigenvalue weighted by atomic mass is 16.5. The second kappa shape index (κ2) is 8.39. The van der Waals surface area contributed by atoms with Crippen molar-refractivity contribution in [1.82, 2.24) is 10.2 Å². The third-order valence-electron chi connectivity index (χ3n) is 7.10. The topological polar surface area (TPSA) is 95.9 Å². The Hall–Kier alpha value is -3.61. The number of carboxylic acids is 1. The number of alkyl carbamates (subject to hydrolysis) is 1. The summed E-state index contributed by atoms with van der Waals surface area (Å²) in [5.41, 5.74) is 5.19. The van der Waals surface area contributed by atoms with Crippen LogP contribution >= 0.6 is 0 Å². The number of fused-ring (bicyclic) bond motifs is 4. The zero-order chi connectivity index (χ0) is 23.1. The number of carbonyl (C=O) groups is 3. The first-order valence-electron chi connectivity index (χ1n) is 11.2. The number of benzene rings is 2. The van der Waals surface area contributed by atoms with Gasteiger partial charge in [-0.05, 0) is 41.0 Å². The van der Waals surface area contributed by atoms with Crippen LogP contribution in [0.4, 0.5) is 4.79 Å². The van der Waals surface area contributed by atoms with Crippen molar-refractivity contribution in [1.29, 1.82) is 0 Å². The number of rotatable bonds is 6. The molecule has 0 aromatic heterocycles. The van der Waals surface area contributed by atoms with E-state index in [-0.39, 0.29) is 42.7 Å². The summed E-state index contributed by atoms with van der Waals surface area (Å²) in [5.74, 6) is -1.01. The number of nitrogens with zero attached hydrogens (tertiary/aromatic N) is 1. The molecule has 2 aliphatic carbocycles. The molecule has 1 saturated carbocycles. The number of hydrogen-bond acceptors (Lipinski definition) is 4. The molecule has 2 amide bonds. The summed E-state index contributed by atoms with van der Waals surface area (Å²) in [5, 5.41) is 11.8. The Morgan fingerprint density at radius 3 is 2.18 bits per heavy atom. The molecule has 7 nitrogen and oxygen atoms in total. The molecule has 1 saturated heterocycles. The van der Waals surface area contributed by atoms with E-state index in [1.54, 1.807) is 17.9 Å². The van der Waals surface area contributed by atoms with Crippen LogP contribution < -0.4 is 5.32 Å². The smallest absolute Gasteiger partial charge is 0.407 e. The van der Waals surface area contributed by atoms with Crippen LogP contribution in [0.2, 0.25) is 0 Å². The van der Waals surface area contributed by atoms with Crippen LogP contribution in [0, 0.1) is 17.8 Å². The van der Waals surface area contributed by atoms with E-state index in [1.807, 2.05) is 24.3 Å². The highest BCUT2D eigenvalue weighted by Crippen LogP contribution is 2.52. The van der Waals surface area contributed by atoms with E-state index in [4.69, 9.17) is 9.84 Å². The van der Waals surface area contributed by atoms with E-state index in [9.17, 15) is 14.4 Å². The van der Waals surface area contributed by atoms with Crippen LogP contribution in [-0.4, -0.2) is 54.2 Å². The minimum atomic E-state index is -0.767. The van der Waals surface area contributed by atoms with Crippen molar-refractivity contribution in [2.24, 2.45) is 17.8 Å². The van der Waals surface area contributed by atoms with Gasteiger partial charge in [0.05, 0.1) is 5.92 Å². The van der Waals surface area contributed by atoms with Gasteiger partial charge in [-0.15, -0.1) is 0 Å². The molecule has 1 heterocycles. The summed E-state index contributed by atoms with van der Waals surface area (Å²) in [4.78, 5) is 37.6. The molecule has 5 rings (SSSR count). The lowest BCUT2D eigenvalue weighted by molar-refractivity contribution is -0.140. The maximum atomic E-state index is 12.6. The third kappa shape index (κ3) is 3.88. The molecule has 0 bridgehead atoms. The number of nitrogens with one attached hydrogen (secondary N) is 1. The van der Waals surface area contributed by atoms with Crippen molar-refractivity contribution in [3.8, 4) is 11.1 Å². The molecule has 170 valence electrons. The average molecular weight is 447 g/mol. The van der Waals surface area contributed by atoms with Crippen LogP contribution in [0.3, 0.4) is 0 Å². The minimum absolute atomic E-state index is 0.00163. The predicted molar refractivity (Wildman–Crippen MR) is 122 cm³/mol. The SMILES string of the molecule is C/C(=C\CNC(=O)OCC1c2ccccc2-c2ccccc21)C(=O)N1C[C@@H]2C(C(=O)O)[C@@H]2C1. The van der Waals surface area contributed by atoms with E-state index in [0.717, 1.165) is 11.1 Å². The molecule has 0 spiro atoms. The van der Waals surface area contributed by atoms with E-state index in [1.165, 1.54) is 11.1 Å². The summed E-state index contributed by atoms with van der Waals surface area (Å²) >= 11 is 0. The fraction of sp³-hybridized carbons (Fsp3) is 0.346. The van der Waals surface area contributed by atoms with Gasteiger partial charge in [-0.3, -0.25) is 9.59 Å². The zero-order valence-corrected chi connectivity index (χ0v) is 18.4. The third-order valence-corrected chi connectivity index (χ3v) is 7.10. The molecule has 2 aromatic carbocycles. The normalized spacial score (nSPS) is 22.9. The lowest BCUT2D eigenvalue weighted by Crippen LogP contribution is -2.33. The Kier molecular flexibility index (Phi) is 5.40. The number of piperidine rings is 1. The molecule has 2 fully saturated rings. The van der Waals surface area contributed by atoms with Gasteiger partial charge in [0.25, 0.3) is 0 Å². The van der Waals surface area contributed by atoms with Crippen LogP contribution in [0.15, 0.2) is 60.2 Å². The number of amides is 2. The standard InChI is InChI=1S/C26H26N2O5/c1-15(24(29)28-12-20-21(13-28)23(20)25(30)31)10-11-27-26(32)33-14-22-18-8-4-2-6-16(18)17-7-3-5-9-19(17)22/h2-10,20-23H,11-14H2,1H3,(H,27,32)(H,30,31)/b15-10+/t20-,21+,23?. The number of carbonyl (C=O) groups excluding carboxylic acids is 2. The zero-order valence-electron chi connectivity index (χ0n) is 18.4. The molecule has 3 aliphatic rings. The average Bonchev–Trinajstić information content (AvgIpc) is 3.17. The number of carboxylic acid groups (broad SMARTS) is 1. The number of likely N-dealkylation sites (tertiary alicyclic amines) is 1. The van der Waals surface area contributed by atoms with Crippen LogP contribution in [-0.2, 0) is 14.3 Å². The van der Waals surface area contributed by atoms with Crippen molar-refractivity contribution in [2.45, 2.75) is 12.8 Å². The first-order chi connectivity index (χ1) is 16.0. The van der Waals surface area contributed by atoms with Gasteiger partial charge < -0.3 is 20.1 Å². The monoisotopic (exact) mass is 446 g/mol. The Labute approximate surface area is 192 Å². The first-order valence-corrected chi connectivity index (χ1v) is 11.2. The summed E-state index contributed by atoms with van der Waals surface area (Å²) in [6.07, 6.45) is 1.14. The van der Waals surface area contributed by atoms with Gasteiger partial charge in [0.15, 0.2) is 0 Å². The van der Waals surface area contributed by atoms with Gasteiger partial charge in [-0.25, -0.2) is 4.79 Å². The second-order valence-electron chi connectivity index (χ2n) is 9.00. The summed E-state index contributed by atoms with van der Waals surface area (Å²) in [7, 11) is 0. The van der Waals surface area contributed by atoms with Crippen molar-refractivity contribution in [3.05, 3.63) is 71.3 Å². The fourth-order valence-corrected chi connectivity index (χ4v) is 5.33. The van der Waals surface area contributed by atoms with Crippen molar-refractivity contribution in [3.63, 3.8) is 0 Å². The van der Waals surface area contributed by atoms with Gasteiger partial charge in [0.1, 0.15) is 6.61 Å². The first kappa shape index (κ1) is 21.2. The number of hydrogen-bond donors (Lipinski definition) is 2. The van der Waals surface area contributed by atoms with Crippen molar-refractivity contribution in [2.75, 3.05) is 26.2 Å². The second-order valence-corrected chi connectivity index (χ2v) is 9.00. The van der Waals surface area contributed by atoms with Gasteiger partial charge >= 0.3 is 12.1 Å². The molecular formula is C26H26N2O5. The molecule has 7 heteroatoms. The van der Waals surface area contributed by atoms with Gasteiger partial charge in [0, 0.05) is 31.1 Å².